The van der Waals surface area contributed by atoms with Gasteiger partial charge >= 0.3 is 0 Å². The molecule has 1 aliphatic heterocycles. The second-order valence-electron chi connectivity index (χ2n) is 3.66. The molecule has 3 nitrogen and oxygen atoms in total. The Morgan fingerprint density at radius 3 is 3.29 bits per heavy atom. The summed E-state index contributed by atoms with van der Waals surface area (Å²) in [4.78, 5) is 6.53. The van der Waals surface area contributed by atoms with Crippen LogP contribution in [0, 0.1) is 0 Å². The molecular weight excluding hydrogens is 176 g/mol. The summed E-state index contributed by atoms with van der Waals surface area (Å²) in [6.07, 6.45) is 6.21. The Balaban J connectivity index is 2.10. The summed E-state index contributed by atoms with van der Waals surface area (Å²) >= 11 is 0. The molecule has 1 aliphatic rings. The van der Waals surface area contributed by atoms with Crippen LogP contribution in [0.15, 0.2) is 24.5 Å². The lowest BCUT2D eigenvalue weighted by atomic mass is 10.2. The fraction of sp³-hybridized carbons (Fsp3) is 0.545. The minimum atomic E-state index is 0.532. The van der Waals surface area contributed by atoms with Gasteiger partial charge in [-0.2, -0.15) is 0 Å². The lowest BCUT2D eigenvalue weighted by Gasteiger charge is -2.25. The lowest BCUT2D eigenvalue weighted by Crippen LogP contribution is -2.32. The number of anilines is 1. The molecular formula is C11H16N2O. The predicted molar refractivity (Wildman–Crippen MR) is 56.5 cm³/mol. The standard InChI is InChI=1S/C11H16N2O/c1-14-9-11-5-3-7-13(11)10-4-2-6-12-8-10/h2,4,6,8,11H,3,5,7,9H2,1H3/t11-/m0/s1. The Hall–Kier alpha value is -1.09. The van der Waals surface area contributed by atoms with Crippen molar-refractivity contribution in [2.75, 3.05) is 25.2 Å². The third-order valence-corrected chi connectivity index (χ3v) is 2.71. The van der Waals surface area contributed by atoms with Gasteiger partial charge in [-0.05, 0) is 25.0 Å². The van der Waals surface area contributed by atoms with E-state index >= 15 is 0 Å². The van der Waals surface area contributed by atoms with Gasteiger partial charge < -0.3 is 9.64 Å². The van der Waals surface area contributed by atoms with Crippen molar-refractivity contribution >= 4 is 5.69 Å². The van der Waals surface area contributed by atoms with Crippen molar-refractivity contribution < 1.29 is 4.74 Å². The number of rotatable bonds is 3. The van der Waals surface area contributed by atoms with Crippen LogP contribution in [-0.4, -0.2) is 31.3 Å². The maximum atomic E-state index is 5.22. The van der Waals surface area contributed by atoms with Gasteiger partial charge in [-0.15, -0.1) is 0 Å². The Bertz CT molecular complexity index is 276. The molecule has 0 N–H and O–H groups in total. The van der Waals surface area contributed by atoms with Gasteiger partial charge in [-0.25, -0.2) is 0 Å². The Morgan fingerprint density at radius 2 is 2.57 bits per heavy atom. The fourth-order valence-corrected chi connectivity index (χ4v) is 2.06. The van der Waals surface area contributed by atoms with Gasteiger partial charge in [-0.1, -0.05) is 0 Å². The highest BCUT2D eigenvalue weighted by Gasteiger charge is 2.24. The van der Waals surface area contributed by atoms with E-state index in [2.05, 4.69) is 16.0 Å². The van der Waals surface area contributed by atoms with E-state index in [0.717, 1.165) is 13.2 Å². The van der Waals surface area contributed by atoms with Crippen LogP contribution in [-0.2, 0) is 4.74 Å². The highest BCUT2D eigenvalue weighted by molar-refractivity contribution is 5.45. The Kier molecular flexibility index (Phi) is 2.99. The fourth-order valence-electron chi connectivity index (χ4n) is 2.06. The van der Waals surface area contributed by atoms with E-state index in [1.54, 1.807) is 7.11 Å². The molecule has 0 amide bonds. The van der Waals surface area contributed by atoms with Crippen molar-refractivity contribution in [1.29, 1.82) is 0 Å². The predicted octanol–water partition coefficient (Wildman–Crippen LogP) is 1.70. The van der Waals surface area contributed by atoms with Gasteiger partial charge in [0.2, 0.25) is 0 Å². The molecule has 14 heavy (non-hydrogen) atoms. The Morgan fingerprint density at radius 1 is 1.64 bits per heavy atom. The van der Waals surface area contributed by atoms with Crippen molar-refractivity contribution in [2.45, 2.75) is 18.9 Å². The SMILES string of the molecule is COC[C@@H]1CCCN1c1cccnc1. The highest BCUT2D eigenvalue weighted by atomic mass is 16.5. The van der Waals surface area contributed by atoms with E-state index in [-0.39, 0.29) is 0 Å². The number of hydrogen-bond donors (Lipinski definition) is 0. The van der Waals surface area contributed by atoms with Crippen LogP contribution in [0.3, 0.4) is 0 Å². The zero-order valence-electron chi connectivity index (χ0n) is 8.52. The van der Waals surface area contributed by atoms with Crippen molar-refractivity contribution in [3.05, 3.63) is 24.5 Å². The van der Waals surface area contributed by atoms with E-state index in [1.165, 1.54) is 18.5 Å². The summed E-state index contributed by atoms with van der Waals surface area (Å²) in [5.41, 5.74) is 1.21. The molecule has 0 spiro atoms. The maximum absolute atomic E-state index is 5.22. The summed E-state index contributed by atoms with van der Waals surface area (Å²) < 4.78 is 5.22. The molecule has 1 fully saturated rings. The molecule has 0 unspecified atom stereocenters. The van der Waals surface area contributed by atoms with Gasteiger partial charge in [0.1, 0.15) is 0 Å². The zero-order chi connectivity index (χ0) is 9.80. The summed E-state index contributed by atoms with van der Waals surface area (Å²) in [6, 6.07) is 4.63. The number of aromatic nitrogens is 1. The number of hydrogen-bond acceptors (Lipinski definition) is 3. The van der Waals surface area contributed by atoms with Crippen LogP contribution < -0.4 is 4.90 Å². The zero-order valence-corrected chi connectivity index (χ0v) is 8.52. The van der Waals surface area contributed by atoms with Gasteiger partial charge in [0, 0.05) is 19.9 Å². The smallest absolute Gasteiger partial charge is 0.0666 e. The first-order valence-electron chi connectivity index (χ1n) is 5.07. The molecule has 0 radical (unpaired) electrons. The van der Waals surface area contributed by atoms with Crippen LogP contribution in [0.5, 0.6) is 0 Å². The third kappa shape index (κ3) is 1.87. The second-order valence-corrected chi connectivity index (χ2v) is 3.66. The van der Waals surface area contributed by atoms with E-state index in [0.29, 0.717) is 6.04 Å². The average molecular weight is 192 g/mol. The Labute approximate surface area is 84.7 Å². The van der Waals surface area contributed by atoms with Crippen LogP contribution in [0.2, 0.25) is 0 Å². The van der Waals surface area contributed by atoms with E-state index in [9.17, 15) is 0 Å². The van der Waals surface area contributed by atoms with Crippen LogP contribution in [0.4, 0.5) is 5.69 Å². The first-order valence-corrected chi connectivity index (χ1v) is 5.07. The van der Waals surface area contributed by atoms with Gasteiger partial charge in [0.15, 0.2) is 0 Å². The number of ether oxygens (including phenoxy) is 1. The normalized spacial score (nSPS) is 21.5. The van der Waals surface area contributed by atoms with Gasteiger partial charge in [0.05, 0.1) is 24.5 Å². The van der Waals surface area contributed by atoms with Crippen molar-refractivity contribution in [1.82, 2.24) is 4.98 Å². The monoisotopic (exact) mass is 192 g/mol. The molecule has 3 heteroatoms. The molecule has 0 aliphatic carbocycles. The van der Waals surface area contributed by atoms with Crippen molar-refractivity contribution in [3.8, 4) is 0 Å². The quantitative estimate of drug-likeness (QED) is 0.728. The lowest BCUT2D eigenvalue weighted by molar-refractivity contribution is 0.181. The minimum Gasteiger partial charge on any atom is -0.383 e. The topological polar surface area (TPSA) is 25.4 Å². The van der Waals surface area contributed by atoms with Crippen molar-refractivity contribution in [2.24, 2.45) is 0 Å². The molecule has 0 bridgehead atoms. The second kappa shape index (κ2) is 4.42. The molecule has 1 aromatic rings. The first kappa shape index (κ1) is 9.46. The molecule has 0 aromatic carbocycles. The number of nitrogens with zero attached hydrogens (tertiary/aromatic N) is 2. The van der Waals surface area contributed by atoms with Gasteiger partial charge in [0.25, 0.3) is 0 Å². The average Bonchev–Trinajstić information content (AvgIpc) is 2.68. The number of pyridine rings is 1. The molecule has 1 atom stereocenters. The van der Waals surface area contributed by atoms with Crippen molar-refractivity contribution in [3.63, 3.8) is 0 Å². The minimum absolute atomic E-state index is 0.532. The molecule has 0 saturated carbocycles. The summed E-state index contributed by atoms with van der Waals surface area (Å²) in [5.74, 6) is 0. The third-order valence-electron chi connectivity index (χ3n) is 2.71. The molecule has 1 saturated heterocycles. The molecule has 2 heterocycles. The van der Waals surface area contributed by atoms with E-state index < -0.39 is 0 Å². The largest absolute Gasteiger partial charge is 0.383 e. The summed E-state index contributed by atoms with van der Waals surface area (Å²) in [5, 5.41) is 0. The maximum Gasteiger partial charge on any atom is 0.0666 e. The summed E-state index contributed by atoms with van der Waals surface area (Å²) in [6.45, 7) is 1.94. The molecule has 2 rings (SSSR count). The first-order chi connectivity index (χ1) is 6.92. The van der Waals surface area contributed by atoms with E-state index in [4.69, 9.17) is 4.74 Å². The summed E-state index contributed by atoms with van der Waals surface area (Å²) in [7, 11) is 1.76. The molecule has 76 valence electrons. The highest BCUT2D eigenvalue weighted by Crippen LogP contribution is 2.24. The van der Waals surface area contributed by atoms with E-state index in [1.807, 2.05) is 18.5 Å². The van der Waals surface area contributed by atoms with Crippen LogP contribution in [0.1, 0.15) is 12.8 Å². The van der Waals surface area contributed by atoms with Crippen LogP contribution in [0.25, 0.3) is 0 Å². The van der Waals surface area contributed by atoms with Crippen LogP contribution >= 0.6 is 0 Å². The molecule has 1 aromatic heterocycles. The number of methoxy groups -OCH3 is 1. The van der Waals surface area contributed by atoms with Gasteiger partial charge in [-0.3, -0.25) is 4.98 Å².